The molecule has 234 valence electrons. The lowest BCUT2D eigenvalue weighted by Gasteiger charge is -2.22. The predicted octanol–water partition coefficient (Wildman–Crippen LogP) is 9.17. The normalized spacial score (nSPS) is 13.5. The summed E-state index contributed by atoms with van der Waals surface area (Å²) in [6.07, 6.45) is -17.9. The summed E-state index contributed by atoms with van der Waals surface area (Å²) in [5.41, 5.74) is -4.56. The van der Waals surface area contributed by atoms with Crippen molar-refractivity contribution in [2.24, 2.45) is 0 Å². The summed E-state index contributed by atoms with van der Waals surface area (Å²) in [4.78, 5) is 0. The van der Waals surface area contributed by atoms with Gasteiger partial charge in [-0.15, -0.1) is 0 Å². The van der Waals surface area contributed by atoms with Gasteiger partial charge in [0.15, 0.2) is 0 Å². The Morgan fingerprint density at radius 1 is 0.326 bits per heavy atom. The fourth-order valence-corrected chi connectivity index (χ4v) is 3.12. The molecule has 0 saturated carbocycles. The molecule has 0 spiro atoms. The van der Waals surface area contributed by atoms with Gasteiger partial charge in [-0.2, -0.15) is 65.9 Å². The van der Waals surface area contributed by atoms with Crippen molar-refractivity contribution in [3.8, 4) is 17.2 Å². The van der Waals surface area contributed by atoms with E-state index in [4.69, 9.17) is 14.0 Å². The molecule has 0 aliphatic rings. The third kappa shape index (κ3) is 7.18. The second-order valence-corrected chi connectivity index (χ2v) is 8.43. The molecule has 3 nitrogen and oxygen atoms in total. The lowest BCUT2D eigenvalue weighted by molar-refractivity contribution is -0.289. The van der Waals surface area contributed by atoms with Crippen LogP contribution in [0.15, 0.2) is 72.8 Å². The van der Waals surface area contributed by atoms with Crippen molar-refractivity contribution in [1.29, 1.82) is 0 Å². The summed E-state index contributed by atoms with van der Waals surface area (Å²) in [5, 5.41) is 0. The van der Waals surface area contributed by atoms with Crippen LogP contribution >= 0.6 is 0 Å². The van der Waals surface area contributed by atoms with Gasteiger partial charge in [-0.3, -0.25) is 0 Å². The van der Waals surface area contributed by atoms with E-state index < -0.39 is 77.6 Å². The molecule has 0 aliphatic carbocycles. The summed E-state index contributed by atoms with van der Waals surface area (Å²) in [6, 6.07) is 5.23. The Kier molecular flexibility index (Phi) is 8.82. The smallest absolute Gasteiger partial charge is 0.490 e. The maximum atomic E-state index is 13.5. The quantitative estimate of drug-likeness (QED) is 0.172. The molecule has 0 heterocycles. The van der Waals surface area contributed by atoms with E-state index in [1.54, 1.807) is 0 Å². The van der Waals surface area contributed by atoms with Crippen LogP contribution in [0, 0.1) is 0 Å². The van der Waals surface area contributed by atoms with E-state index in [1.165, 1.54) is 0 Å². The number of alkyl halides is 15. The van der Waals surface area contributed by atoms with E-state index in [2.05, 4.69) is 0 Å². The minimum absolute atomic E-state index is 0.294. The molecular weight excluding hydrogens is 632 g/mol. The lowest BCUT2D eigenvalue weighted by Crippen LogP contribution is -2.37. The first-order chi connectivity index (χ1) is 19.5. The molecule has 0 aliphatic heterocycles. The monoisotopic (exact) mass is 644 g/mol. The van der Waals surface area contributed by atoms with Gasteiger partial charge in [0, 0.05) is 16.7 Å². The molecule has 0 atom stereocenters. The molecule has 0 bridgehead atoms. The molecule has 3 aromatic rings. The highest BCUT2D eigenvalue weighted by atomic mass is 19.4. The van der Waals surface area contributed by atoms with Gasteiger partial charge >= 0.3 is 43.6 Å². The van der Waals surface area contributed by atoms with Gasteiger partial charge < -0.3 is 14.0 Å². The van der Waals surface area contributed by atoms with Gasteiger partial charge in [-0.05, 0) is 72.8 Å². The Bertz CT molecular complexity index is 1200. The van der Waals surface area contributed by atoms with E-state index in [-0.39, 0.29) is 0 Å². The van der Waals surface area contributed by atoms with Crippen LogP contribution in [-0.2, 0) is 17.8 Å². The number of benzene rings is 3. The summed E-state index contributed by atoms with van der Waals surface area (Å²) >= 11 is 0. The maximum Gasteiger partial charge on any atom is 0.864 e. The number of hydrogen-bond donors (Lipinski definition) is 0. The zero-order chi connectivity index (χ0) is 32.6. The lowest BCUT2D eigenvalue weighted by atomic mass is 10.1. The second-order valence-electron chi connectivity index (χ2n) is 8.43. The van der Waals surface area contributed by atoms with Crippen LogP contribution in [0.4, 0.5) is 65.9 Å². The van der Waals surface area contributed by atoms with Gasteiger partial charge in [-0.1, -0.05) is 0 Å². The maximum absolute atomic E-state index is 13.5. The Hall–Kier alpha value is -3.93. The van der Waals surface area contributed by atoms with Crippen LogP contribution in [0.3, 0.4) is 0 Å². The fourth-order valence-electron chi connectivity index (χ4n) is 3.12. The molecule has 0 unspecified atom stereocenters. The predicted molar refractivity (Wildman–Crippen MR) is 117 cm³/mol. The Labute approximate surface area is 230 Å². The van der Waals surface area contributed by atoms with E-state index in [9.17, 15) is 65.9 Å². The molecule has 0 radical (unpaired) electrons. The molecule has 0 aromatic heterocycles. The van der Waals surface area contributed by atoms with Crippen molar-refractivity contribution in [3.63, 3.8) is 0 Å². The van der Waals surface area contributed by atoms with E-state index in [0.29, 0.717) is 72.8 Å². The standard InChI is InChI=1S/C24H12BF15O3/c26-19(27,22(32,33)34)13-1-7-16(8-2-13)41-25(42-17-9-3-14(4-10-17)20(28,29)23(35,36)37)43-18-11-5-15(6-12-18)21(30,31)24(38,39)40/h1-12H. The fraction of sp³-hybridized carbons (Fsp3) is 0.250. The average Bonchev–Trinajstić information content (AvgIpc) is 2.87. The first kappa shape index (κ1) is 33.6. The van der Waals surface area contributed by atoms with Gasteiger partial charge in [0.2, 0.25) is 0 Å². The molecular formula is C24H12BF15O3. The summed E-state index contributed by atoms with van der Waals surface area (Å²) in [7, 11) is -2.20. The average molecular weight is 644 g/mol. The Morgan fingerprint density at radius 3 is 0.674 bits per heavy atom. The molecule has 3 rings (SSSR count). The van der Waals surface area contributed by atoms with Crippen LogP contribution in [0.5, 0.6) is 17.2 Å². The second kappa shape index (κ2) is 11.3. The van der Waals surface area contributed by atoms with Crippen LogP contribution in [-0.4, -0.2) is 25.9 Å². The largest absolute Gasteiger partial charge is 0.864 e. The highest BCUT2D eigenvalue weighted by molar-refractivity contribution is 6.39. The number of halogens is 15. The summed E-state index contributed by atoms with van der Waals surface area (Å²) < 4.78 is 210. The third-order valence-corrected chi connectivity index (χ3v) is 5.42. The van der Waals surface area contributed by atoms with Crippen LogP contribution in [0.25, 0.3) is 0 Å². The molecule has 0 saturated heterocycles. The van der Waals surface area contributed by atoms with Crippen molar-refractivity contribution >= 4 is 7.32 Å². The molecule has 43 heavy (non-hydrogen) atoms. The zero-order valence-corrected chi connectivity index (χ0v) is 20.4. The highest BCUT2D eigenvalue weighted by Gasteiger charge is 2.60. The van der Waals surface area contributed by atoms with Gasteiger partial charge in [0.05, 0.1) is 0 Å². The first-order valence-corrected chi connectivity index (χ1v) is 11.1. The molecule has 0 N–H and O–H groups in total. The van der Waals surface area contributed by atoms with Crippen LogP contribution < -0.4 is 14.0 Å². The summed E-state index contributed by atoms with van der Waals surface area (Å²) in [6.45, 7) is 0. The van der Waals surface area contributed by atoms with Crippen molar-refractivity contribution in [2.75, 3.05) is 0 Å². The van der Waals surface area contributed by atoms with Crippen molar-refractivity contribution < 1.29 is 79.8 Å². The molecule has 19 heteroatoms. The highest BCUT2D eigenvalue weighted by Crippen LogP contribution is 2.46. The van der Waals surface area contributed by atoms with E-state index in [1.807, 2.05) is 0 Å². The van der Waals surface area contributed by atoms with Crippen LogP contribution in [0.2, 0.25) is 0 Å². The van der Waals surface area contributed by atoms with Crippen molar-refractivity contribution in [2.45, 2.75) is 36.3 Å². The van der Waals surface area contributed by atoms with Crippen LogP contribution in [0.1, 0.15) is 16.7 Å². The van der Waals surface area contributed by atoms with E-state index >= 15 is 0 Å². The third-order valence-electron chi connectivity index (χ3n) is 5.42. The Balaban J connectivity index is 1.89. The minimum Gasteiger partial charge on any atom is -0.490 e. The summed E-state index contributed by atoms with van der Waals surface area (Å²) in [5.74, 6) is -17.5. The van der Waals surface area contributed by atoms with E-state index in [0.717, 1.165) is 0 Å². The minimum atomic E-state index is -5.96. The number of rotatable bonds is 9. The van der Waals surface area contributed by atoms with Crippen molar-refractivity contribution in [3.05, 3.63) is 89.5 Å². The number of hydrogen-bond acceptors (Lipinski definition) is 3. The van der Waals surface area contributed by atoms with Gasteiger partial charge in [0.1, 0.15) is 17.2 Å². The zero-order valence-electron chi connectivity index (χ0n) is 20.4. The molecule has 0 amide bonds. The SMILES string of the molecule is FC(F)(F)C(F)(F)c1ccc(OB(Oc2ccc(C(F)(F)C(F)(F)F)cc2)Oc2ccc(C(F)(F)C(F)(F)F)cc2)cc1. The van der Waals surface area contributed by atoms with Gasteiger partial charge in [0.25, 0.3) is 0 Å². The van der Waals surface area contributed by atoms with Crippen molar-refractivity contribution in [1.82, 2.24) is 0 Å². The molecule has 0 fully saturated rings. The molecule has 3 aromatic carbocycles. The topological polar surface area (TPSA) is 27.7 Å². The van der Waals surface area contributed by atoms with Gasteiger partial charge in [-0.25, -0.2) is 0 Å². The first-order valence-electron chi connectivity index (χ1n) is 11.1. The Morgan fingerprint density at radius 2 is 0.512 bits per heavy atom.